The molecule has 0 saturated carbocycles. The lowest BCUT2D eigenvalue weighted by Crippen LogP contribution is -2.14. The minimum Gasteiger partial charge on any atom is -0.491 e. The third kappa shape index (κ3) is 14.5. The topological polar surface area (TPSA) is 110 Å². The molecular formula is C21H32O9. The van der Waals surface area contributed by atoms with E-state index in [1.807, 2.05) is 6.92 Å². The van der Waals surface area contributed by atoms with Crippen molar-refractivity contribution in [1.29, 1.82) is 0 Å². The summed E-state index contributed by atoms with van der Waals surface area (Å²) in [6.07, 6.45) is 1.70. The SMILES string of the molecule is C=CCOCCOCCOCCOCCOc1ccc(C(=O)OC)c(C)c1.O=CO. The monoisotopic (exact) mass is 428 g/mol. The van der Waals surface area contributed by atoms with Crippen molar-refractivity contribution < 1.29 is 43.1 Å². The van der Waals surface area contributed by atoms with Crippen LogP contribution in [-0.4, -0.2) is 84.1 Å². The number of carbonyl (C=O) groups is 2. The first-order valence-corrected chi connectivity index (χ1v) is 9.42. The molecule has 9 heteroatoms. The first kappa shape index (κ1) is 27.5. The number of carboxylic acid groups (broad SMARTS) is 1. The van der Waals surface area contributed by atoms with Crippen LogP contribution < -0.4 is 4.74 Å². The Balaban J connectivity index is 0.00000263. The van der Waals surface area contributed by atoms with E-state index in [-0.39, 0.29) is 12.4 Å². The van der Waals surface area contributed by atoms with Gasteiger partial charge in [0.2, 0.25) is 0 Å². The standard InChI is InChI=1S/C20H30O7.CH2O2/c1-4-7-23-8-9-24-10-11-25-12-13-26-14-15-27-18-5-6-19(17(2)16-18)20(21)22-3;2-1-3/h4-6,16H,1,7-15H2,2-3H3;1H,(H,2,3). The predicted octanol–water partition coefficient (Wildman–Crippen LogP) is 2.11. The molecule has 0 aliphatic rings. The molecule has 0 aromatic heterocycles. The lowest BCUT2D eigenvalue weighted by molar-refractivity contribution is -0.122. The summed E-state index contributed by atoms with van der Waals surface area (Å²) in [7, 11) is 1.36. The van der Waals surface area contributed by atoms with Gasteiger partial charge in [-0.15, -0.1) is 6.58 Å². The fraction of sp³-hybridized carbons (Fsp3) is 0.524. The van der Waals surface area contributed by atoms with Gasteiger partial charge in [0.1, 0.15) is 12.4 Å². The van der Waals surface area contributed by atoms with E-state index in [1.165, 1.54) is 7.11 Å². The first-order valence-electron chi connectivity index (χ1n) is 9.42. The van der Waals surface area contributed by atoms with E-state index in [2.05, 4.69) is 6.58 Å². The Morgan fingerprint density at radius 1 is 0.967 bits per heavy atom. The zero-order valence-corrected chi connectivity index (χ0v) is 17.7. The first-order chi connectivity index (χ1) is 14.6. The van der Waals surface area contributed by atoms with Crippen molar-refractivity contribution in [3.05, 3.63) is 42.0 Å². The van der Waals surface area contributed by atoms with Crippen molar-refractivity contribution in [2.75, 3.05) is 66.6 Å². The molecule has 170 valence electrons. The van der Waals surface area contributed by atoms with Crippen LogP contribution in [0.2, 0.25) is 0 Å². The molecule has 0 unspecified atom stereocenters. The molecule has 1 aromatic rings. The van der Waals surface area contributed by atoms with Gasteiger partial charge < -0.3 is 33.5 Å². The van der Waals surface area contributed by atoms with E-state index < -0.39 is 0 Å². The van der Waals surface area contributed by atoms with Gasteiger partial charge in [-0.25, -0.2) is 4.79 Å². The number of hydrogen-bond donors (Lipinski definition) is 1. The van der Waals surface area contributed by atoms with Crippen LogP contribution in [0.15, 0.2) is 30.9 Å². The summed E-state index contributed by atoms with van der Waals surface area (Å²) >= 11 is 0. The maximum Gasteiger partial charge on any atom is 0.338 e. The van der Waals surface area contributed by atoms with Crippen LogP contribution in [0.4, 0.5) is 0 Å². The smallest absolute Gasteiger partial charge is 0.338 e. The van der Waals surface area contributed by atoms with Crippen LogP contribution in [0.3, 0.4) is 0 Å². The van der Waals surface area contributed by atoms with Crippen LogP contribution >= 0.6 is 0 Å². The molecular weight excluding hydrogens is 396 g/mol. The van der Waals surface area contributed by atoms with Gasteiger partial charge in [0, 0.05) is 0 Å². The molecule has 1 aromatic carbocycles. The van der Waals surface area contributed by atoms with E-state index in [0.717, 1.165) is 5.56 Å². The van der Waals surface area contributed by atoms with E-state index in [0.29, 0.717) is 70.8 Å². The fourth-order valence-corrected chi connectivity index (χ4v) is 2.11. The number of rotatable bonds is 16. The molecule has 0 heterocycles. The Morgan fingerprint density at radius 3 is 1.93 bits per heavy atom. The van der Waals surface area contributed by atoms with Crippen molar-refractivity contribution in [2.24, 2.45) is 0 Å². The van der Waals surface area contributed by atoms with Gasteiger partial charge in [0.25, 0.3) is 6.47 Å². The van der Waals surface area contributed by atoms with E-state index >= 15 is 0 Å². The van der Waals surface area contributed by atoms with Gasteiger partial charge in [0.15, 0.2) is 0 Å². The third-order valence-electron chi connectivity index (χ3n) is 3.45. The van der Waals surface area contributed by atoms with Gasteiger partial charge in [-0.05, 0) is 30.7 Å². The van der Waals surface area contributed by atoms with E-state index in [1.54, 1.807) is 24.3 Å². The van der Waals surface area contributed by atoms with Crippen LogP contribution in [0.5, 0.6) is 5.75 Å². The zero-order valence-electron chi connectivity index (χ0n) is 17.7. The highest BCUT2D eigenvalue weighted by Crippen LogP contribution is 2.17. The summed E-state index contributed by atoms with van der Waals surface area (Å²) in [5.41, 5.74) is 1.34. The lowest BCUT2D eigenvalue weighted by atomic mass is 10.1. The van der Waals surface area contributed by atoms with Crippen LogP contribution in [-0.2, 0) is 28.5 Å². The molecule has 0 aliphatic carbocycles. The van der Waals surface area contributed by atoms with Crippen LogP contribution in [0.1, 0.15) is 15.9 Å². The normalized spacial score (nSPS) is 9.93. The average Bonchev–Trinajstić information content (AvgIpc) is 2.74. The quantitative estimate of drug-likeness (QED) is 0.183. The number of hydrogen-bond acceptors (Lipinski definition) is 8. The molecule has 0 bridgehead atoms. The highest BCUT2D eigenvalue weighted by atomic mass is 16.6. The van der Waals surface area contributed by atoms with Gasteiger partial charge >= 0.3 is 5.97 Å². The third-order valence-corrected chi connectivity index (χ3v) is 3.45. The molecule has 0 spiro atoms. The number of esters is 1. The molecule has 0 aliphatic heterocycles. The summed E-state index contributed by atoms with van der Waals surface area (Å²) < 4.78 is 31.7. The van der Waals surface area contributed by atoms with Crippen LogP contribution in [0.25, 0.3) is 0 Å². The predicted molar refractivity (Wildman–Crippen MR) is 110 cm³/mol. The van der Waals surface area contributed by atoms with Crippen molar-refractivity contribution in [2.45, 2.75) is 6.92 Å². The Kier molecular flexibility index (Phi) is 18.2. The highest BCUT2D eigenvalue weighted by Gasteiger charge is 2.09. The van der Waals surface area contributed by atoms with Crippen molar-refractivity contribution in [3.8, 4) is 5.75 Å². The number of benzene rings is 1. The molecule has 0 atom stereocenters. The maximum absolute atomic E-state index is 11.5. The molecule has 30 heavy (non-hydrogen) atoms. The van der Waals surface area contributed by atoms with Gasteiger partial charge in [-0.3, -0.25) is 4.79 Å². The number of ether oxygens (including phenoxy) is 6. The van der Waals surface area contributed by atoms with Gasteiger partial charge in [0.05, 0.1) is 65.5 Å². The molecule has 0 radical (unpaired) electrons. The molecule has 1 N–H and O–H groups in total. The minimum atomic E-state index is -0.353. The Labute approximate surface area is 177 Å². The zero-order chi connectivity index (χ0) is 22.5. The summed E-state index contributed by atoms with van der Waals surface area (Å²) in [5.74, 6) is 0.336. The summed E-state index contributed by atoms with van der Waals surface area (Å²) in [4.78, 5) is 19.9. The van der Waals surface area contributed by atoms with Crippen molar-refractivity contribution >= 4 is 12.4 Å². The van der Waals surface area contributed by atoms with E-state index in [4.69, 9.17) is 38.3 Å². The lowest BCUT2D eigenvalue weighted by Gasteiger charge is -2.10. The summed E-state index contributed by atoms with van der Waals surface area (Å²) in [5, 5.41) is 6.89. The van der Waals surface area contributed by atoms with E-state index in [9.17, 15) is 4.79 Å². The average molecular weight is 428 g/mol. The van der Waals surface area contributed by atoms with Gasteiger partial charge in [-0.1, -0.05) is 6.08 Å². The molecule has 0 fully saturated rings. The Morgan fingerprint density at radius 2 is 1.47 bits per heavy atom. The van der Waals surface area contributed by atoms with Crippen molar-refractivity contribution in [3.63, 3.8) is 0 Å². The molecule has 9 nitrogen and oxygen atoms in total. The maximum atomic E-state index is 11.5. The minimum absolute atomic E-state index is 0.250. The second kappa shape index (κ2) is 19.8. The summed E-state index contributed by atoms with van der Waals surface area (Å²) in [6.45, 7) is 9.72. The Hall–Kier alpha value is -2.46. The largest absolute Gasteiger partial charge is 0.491 e. The van der Waals surface area contributed by atoms with Gasteiger partial charge in [-0.2, -0.15) is 0 Å². The Bertz CT molecular complexity index is 590. The summed E-state index contributed by atoms with van der Waals surface area (Å²) in [6, 6.07) is 5.24. The van der Waals surface area contributed by atoms with Crippen molar-refractivity contribution in [1.82, 2.24) is 0 Å². The fourth-order valence-electron chi connectivity index (χ4n) is 2.11. The number of carbonyl (C=O) groups excluding carboxylic acids is 1. The van der Waals surface area contributed by atoms with Crippen LogP contribution in [0, 0.1) is 6.92 Å². The number of methoxy groups -OCH3 is 1. The second-order valence-corrected chi connectivity index (χ2v) is 5.62. The number of aryl methyl sites for hydroxylation is 1. The second-order valence-electron chi connectivity index (χ2n) is 5.62. The molecule has 0 saturated heterocycles. The molecule has 1 rings (SSSR count). The molecule has 0 amide bonds. The highest BCUT2D eigenvalue weighted by molar-refractivity contribution is 5.91.